The lowest BCUT2D eigenvalue weighted by Crippen LogP contribution is -2.30. The van der Waals surface area contributed by atoms with E-state index < -0.39 is 0 Å². The van der Waals surface area contributed by atoms with Gasteiger partial charge in [-0.1, -0.05) is 6.07 Å². The third kappa shape index (κ3) is 2.80. The Hall–Kier alpha value is -1.95. The van der Waals surface area contributed by atoms with E-state index in [1.165, 1.54) is 0 Å². The maximum Gasteiger partial charge on any atom is 0.345 e. The van der Waals surface area contributed by atoms with E-state index in [1.807, 2.05) is 22.8 Å². The summed E-state index contributed by atoms with van der Waals surface area (Å²) in [6, 6.07) is 5.85. The highest BCUT2D eigenvalue weighted by atomic mass is 16.2. The van der Waals surface area contributed by atoms with Gasteiger partial charge in [-0.15, -0.1) is 0 Å². The van der Waals surface area contributed by atoms with Crippen molar-refractivity contribution < 1.29 is 0 Å². The predicted octanol–water partition coefficient (Wildman–Crippen LogP) is 0.566. The molecule has 106 valence electrons. The molecule has 3 heterocycles. The summed E-state index contributed by atoms with van der Waals surface area (Å²) in [7, 11) is 0. The van der Waals surface area contributed by atoms with Gasteiger partial charge in [0.2, 0.25) is 0 Å². The highest BCUT2D eigenvalue weighted by molar-refractivity contribution is 5.02. The van der Waals surface area contributed by atoms with E-state index in [1.54, 1.807) is 10.9 Å². The van der Waals surface area contributed by atoms with Crippen molar-refractivity contribution in [2.24, 2.45) is 0 Å². The summed E-state index contributed by atoms with van der Waals surface area (Å²) in [5.74, 6) is 0.936. The monoisotopic (exact) mass is 273 g/mol. The molecular weight excluding hydrogens is 254 g/mol. The van der Waals surface area contributed by atoms with Gasteiger partial charge in [0, 0.05) is 32.3 Å². The van der Waals surface area contributed by atoms with E-state index in [0.717, 1.165) is 37.3 Å². The van der Waals surface area contributed by atoms with E-state index >= 15 is 0 Å². The Morgan fingerprint density at radius 2 is 2.25 bits per heavy atom. The standard InChI is InChI=1S/C14H19N5O/c20-14-18-9-4-2-6-13(18)17-19(14)10-8-15-11-12-5-1-3-7-16-12/h1,3,5,7,15H,2,4,6,8-11H2. The summed E-state index contributed by atoms with van der Waals surface area (Å²) in [6.45, 7) is 2.84. The van der Waals surface area contributed by atoms with Crippen molar-refractivity contribution in [3.05, 3.63) is 46.4 Å². The molecule has 1 N–H and O–H groups in total. The smallest absolute Gasteiger partial charge is 0.309 e. The molecule has 0 unspecified atom stereocenters. The number of rotatable bonds is 5. The zero-order valence-corrected chi connectivity index (χ0v) is 11.5. The fourth-order valence-electron chi connectivity index (χ4n) is 2.50. The Kier molecular flexibility index (Phi) is 3.92. The number of nitrogens with one attached hydrogen (secondary N) is 1. The Labute approximate surface area is 117 Å². The van der Waals surface area contributed by atoms with Crippen molar-refractivity contribution in [2.45, 2.75) is 38.9 Å². The van der Waals surface area contributed by atoms with Gasteiger partial charge in [0.05, 0.1) is 12.2 Å². The SMILES string of the molecule is O=c1n(CCNCc2ccccn2)nc2n1CCCC2. The summed E-state index contributed by atoms with van der Waals surface area (Å²) >= 11 is 0. The molecule has 0 saturated carbocycles. The predicted molar refractivity (Wildman–Crippen MR) is 75.4 cm³/mol. The van der Waals surface area contributed by atoms with Gasteiger partial charge in [0.1, 0.15) is 5.82 Å². The summed E-state index contributed by atoms with van der Waals surface area (Å²) in [6.07, 6.45) is 4.92. The van der Waals surface area contributed by atoms with Gasteiger partial charge in [-0.05, 0) is 25.0 Å². The lowest BCUT2D eigenvalue weighted by atomic mass is 10.2. The minimum atomic E-state index is 0.0272. The van der Waals surface area contributed by atoms with E-state index in [2.05, 4.69) is 15.4 Å². The molecule has 0 bridgehead atoms. The van der Waals surface area contributed by atoms with Gasteiger partial charge in [-0.2, -0.15) is 5.10 Å². The lowest BCUT2D eigenvalue weighted by molar-refractivity contribution is 0.507. The summed E-state index contributed by atoms with van der Waals surface area (Å²) in [4.78, 5) is 16.3. The van der Waals surface area contributed by atoms with E-state index in [0.29, 0.717) is 19.6 Å². The largest absolute Gasteiger partial charge is 0.345 e. The van der Waals surface area contributed by atoms with Crippen LogP contribution >= 0.6 is 0 Å². The normalized spacial score (nSPS) is 14.2. The van der Waals surface area contributed by atoms with Crippen LogP contribution in [0.1, 0.15) is 24.4 Å². The average Bonchev–Trinajstić information content (AvgIpc) is 2.82. The van der Waals surface area contributed by atoms with Crippen LogP contribution in [0.15, 0.2) is 29.2 Å². The molecule has 6 heteroatoms. The van der Waals surface area contributed by atoms with Gasteiger partial charge < -0.3 is 5.32 Å². The fourth-order valence-corrected chi connectivity index (χ4v) is 2.50. The van der Waals surface area contributed by atoms with E-state index in [9.17, 15) is 4.79 Å². The third-order valence-electron chi connectivity index (χ3n) is 3.56. The average molecular weight is 273 g/mol. The van der Waals surface area contributed by atoms with Crippen LogP contribution < -0.4 is 11.0 Å². The molecule has 0 fully saturated rings. The van der Waals surface area contributed by atoms with Crippen LogP contribution in [0, 0.1) is 0 Å². The molecule has 0 radical (unpaired) electrons. The molecule has 6 nitrogen and oxygen atoms in total. The first-order valence-electron chi connectivity index (χ1n) is 7.12. The fraction of sp³-hybridized carbons (Fsp3) is 0.500. The number of fused-ring (bicyclic) bond motifs is 1. The van der Waals surface area contributed by atoms with Crippen molar-refractivity contribution in [1.82, 2.24) is 24.6 Å². The number of nitrogens with zero attached hydrogens (tertiary/aromatic N) is 4. The Morgan fingerprint density at radius 3 is 3.05 bits per heavy atom. The molecule has 0 aliphatic carbocycles. The number of aryl methyl sites for hydroxylation is 1. The Balaban J connectivity index is 1.54. The number of aromatic nitrogens is 4. The lowest BCUT2D eigenvalue weighted by Gasteiger charge is -2.09. The highest BCUT2D eigenvalue weighted by Crippen LogP contribution is 2.08. The molecule has 2 aromatic rings. The summed E-state index contributed by atoms with van der Waals surface area (Å²) < 4.78 is 3.38. The van der Waals surface area contributed by atoms with Crippen molar-refractivity contribution in [2.75, 3.05) is 6.54 Å². The first-order chi connectivity index (χ1) is 9.84. The summed E-state index contributed by atoms with van der Waals surface area (Å²) in [5.41, 5.74) is 1.03. The zero-order chi connectivity index (χ0) is 13.8. The molecule has 0 saturated heterocycles. The van der Waals surface area contributed by atoms with E-state index in [4.69, 9.17) is 0 Å². The molecule has 0 amide bonds. The van der Waals surface area contributed by atoms with Gasteiger partial charge in [0.25, 0.3) is 0 Å². The molecule has 1 aliphatic rings. The first kappa shape index (κ1) is 13.1. The van der Waals surface area contributed by atoms with Gasteiger partial charge >= 0.3 is 5.69 Å². The molecular formula is C14H19N5O. The van der Waals surface area contributed by atoms with Crippen molar-refractivity contribution in [3.63, 3.8) is 0 Å². The second-order valence-corrected chi connectivity index (χ2v) is 5.03. The van der Waals surface area contributed by atoms with Crippen LogP contribution in [0.25, 0.3) is 0 Å². The van der Waals surface area contributed by atoms with Crippen molar-refractivity contribution in [3.8, 4) is 0 Å². The molecule has 3 rings (SSSR count). The maximum atomic E-state index is 12.1. The van der Waals surface area contributed by atoms with Gasteiger partial charge in [-0.3, -0.25) is 9.55 Å². The Bertz CT molecular complexity index is 616. The quantitative estimate of drug-likeness (QED) is 0.809. The minimum Gasteiger partial charge on any atom is -0.309 e. The second-order valence-electron chi connectivity index (χ2n) is 5.03. The topological polar surface area (TPSA) is 64.7 Å². The molecule has 0 spiro atoms. The maximum absolute atomic E-state index is 12.1. The van der Waals surface area contributed by atoms with Crippen LogP contribution in [0.5, 0.6) is 0 Å². The third-order valence-corrected chi connectivity index (χ3v) is 3.56. The number of pyridine rings is 1. The minimum absolute atomic E-state index is 0.0272. The van der Waals surface area contributed by atoms with Crippen molar-refractivity contribution in [1.29, 1.82) is 0 Å². The first-order valence-corrected chi connectivity index (χ1v) is 7.12. The highest BCUT2D eigenvalue weighted by Gasteiger charge is 2.15. The van der Waals surface area contributed by atoms with Crippen LogP contribution in [-0.2, 0) is 26.1 Å². The molecule has 0 aromatic carbocycles. The van der Waals surface area contributed by atoms with Crippen LogP contribution in [0.3, 0.4) is 0 Å². The van der Waals surface area contributed by atoms with Crippen LogP contribution in [0.2, 0.25) is 0 Å². The number of hydrogen-bond acceptors (Lipinski definition) is 4. The number of hydrogen-bond donors (Lipinski definition) is 1. The molecule has 1 aliphatic heterocycles. The zero-order valence-electron chi connectivity index (χ0n) is 11.5. The Morgan fingerprint density at radius 1 is 1.30 bits per heavy atom. The second kappa shape index (κ2) is 6.00. The molecule has 0 atom stereocenters. The van der Waals surface area contributed by atoms with Crippen LogP contribution in [-0.4, -0.2) is 25.9 Å². The van der Waals surface area contributed by atoms with Crippen molar-refractivity contribution >= 4 is 0 Å². The summed E-state index contributed by atoms with van der Waals surface area (Å²) in [5, 5.41) is 7.69. The molecule has 2 aromatic heterocycles. The van der Waals surface area contributed by atoms with Gasteiger partial charge in [-0.25, -0.2) is 9.48 Å². The molecule has 20 heavy (non-hydrogen) atoms. The van der Waals surface area contributed by atoms with E-state index in [-0.39, 0.29) is 5.69 Å². The van der Waals surface area contributed by atoms with Crippen LogP contribution in [0.4, 0.5) is 0 Å². The van der Waals surface area contributed by atoms with Gasteiger partial charge in [0.15, 0.2) is 0 Å².